The van der Waals surface area contributed by atoms with E-state index in [1.807, 2.05) is 0 Å². The molecule has 0 radical (unpaired) electrons. The Morgan fingerprint density at radius 2 is 1.93 bits per heavy atom. The molecule has 0 N–H and O–H groups in total. The molecular formula is C19H12ClNO7. The van der Waals surface area contributed by atoms with Crippen LogP contribution in [0.3, 0.4) is 0 Å². The maximum absolute atomic E-state index is 12.2. The number of nitro benzene ring substituents is 1. The van der Waals surface area contributed by atoms with Gasteiger partial charge in [-0.25, -0.2) is 4.79 Å². The summed E-state index contributed by atoms with van der Waals surface area (Å²) in [5.41, 5.74) is -0.131. The number of hydrogen-bond acceptors (Lipinski definition) is 7. The predicted molar refractivity (Wildman–Crippen MR) is 99.9 cm³/mol. The summed E-state index contributed by atoms with van der Waals surface area (Å²) in [5.74, 6) is -2.02. The Morgan fingerprint density at radius 3 is 2.64 bits per heavy atom. The van der Waals surface area contributed by atoms with Gasteiger partial charge in [-0.05, 0) is 25.1 Å². The highest BCUT2D eigenvalue weighted by molar-refractivity contribution is 6.31. The van der Waals surface area contributed by atoms with Crippen LogP contribution in [0.2, 0.25) is 5.02 Å². The lowest BCUT2D eigenvalue weighted by Gasteiger charge is -2.06. The van der Waals surface area contributed by atoms with Crippen molar-refractivity contribution in [1.82, 2.24) is 0 Å². The van der Waals surface area contributed by atoms with Gasteiger partial charge in [0.2, 0.25) is 11.5 Å². The van der Waals surface area contributed by atoms with E-state index in [0.717, 1.165) is 12.1 Å². The Labute approximate surface area is 162 Å². The van der Waals surface area contributed by atoms with Gasteiger partial charge in [0.1, 0.15) is 5.58 Å². The first kappa shape index (κ1) is 19.2. The van der Waals surface area contributed by atoms with Gasteiger partial charge in [-0.3, -0.25) is 19.7 Å². The molecule has 0 aliphatic heterocycles. The van der Waals surface area contributed by atoms with Crippen molar-refractivity contribution < 1.29 is 23.7 Å². The van der Waals surface area contributed by atoms with E-state index >= 15 is 0 Å². The standard InChI is InChI=1S/C19H12ClNO7/c1-10-2-3-11(6-14(10)21(25)26)16(23)9-27-19(24)18-8-15(22)13-7-12(20)4-5-17(13)28-18/h2-8H,9H2,1H3. The summed E-state index contributed by atoms with van der Waals surface area (Å²) < 4.78 is 10.2. The Balaban J connectivity index is 1.77. The molecule has 3 aromatic rings. The molecule has 9 heteroatoms. The largest absolute Gasteiger partial charge is 0.451 e. The lowest BCUT2D eigenvalue weighted by atomic mass is 10.1. The van der Waals surface area contributed by atoms with Crippen LogP contribution in [0.1, 0.15) is 26.5 Å². The third kappa shape index (κ3) is 3.91. The van der Waals surface area contributed by atoms with Crippen molar-refractivity contribution in [2.24, 2.45) is 0 Å². The third-order valence-electron chi connectivity index (χ3n) is 3.95. The summed E-state index contributed by atoms with van der Waals surface area (Å²) in [5, 5.41) is 11.5. The third-order valence-corrected chi connectivity index (χ3v) is 4.19. The number of rotatable bonds is 5. The minimum atomic E-state index is -1.01. The fourth-order valence-electron chi connectivity index (χ4n) is 2.49. The van der Waals surface area contributed by atoms with E-state index < -0.39 is 28.7 Å². The van der Waals surface area contributed by atoms with E-state index in [-0.39, 0.29) is 28.0 Å². The number of benzene rings is 2. The summed E-state index contributed by atoms with van der Waals surface area (Å²) in [6.07, 6.45) is 0. The number of carbonyl (C=O) groups excluding carboxylic acids is 2. The topological polar surface area (TPSA) is 117 Å². The van der Waals surface area contributed by atoms with Crippen molar-refractivity contribution in [3.05, 3.63) is 84.7 Å². The Kier molecular flexibility index (Phi) is 5.23. The lowest BCUT2D eigenvalue weighted by molar-refractivity contribution is -0.385. The minimum Gasteiger partial charge on any atom is -0.451 e. The second-order valence-electron chi connectivity index (χ2n) is 5.87. The number of halogens is 1. The fraction of sp³-hybridized carbons (Fsp3) is 0.105. The molecule has 1 aromatic heterocycles. The van der Waals surface area contributed by atoms with E-state index in [9.17, 15) is 24.5 Å². The second-order valence-corrected chi connectivity index (χ2v) is 6.31. The molecule has 1 heterocycles. The van der Waals surface area contributed by atoms with Crippen molar-refractivity contribution in [1.29, 1.82) is 0 Å². The second kappa shape index (κ2) is 7.61. The molecule has 0 aliphatic rings. The number of ether oxygens (including phenoxy) is 1. The monoisotopic (exact) mass is 401 g/mol. The first-order chi connectivity index (χ1) is 13.3. The molecule has 28 heavy (non-hydrogen) atoms. The maximum Gasteiger partial charge on any atom is 0.374 e. The predicted octanol–water partition coefficient (Wildman–Crippen LogP) is 3.70. The zero-order chi connectivity index (χ0) is 20.4. The van der Waals surface area contributed by atoms with Gasteiger partial charge >= 0.3 is 5.97 Å². The molecule has 0 unspecified atom stereocenters. The minimum absolute atomic E-state index is 0.0275. The molecule has 2 aromatic carbocycles. The molecular weight excluding hydrogens is 390 g/mol. The number of carbonyl (C=O) groups is 2. The van der Waals surface area contributed by atoms with Crippen LogP contribution in [0.5, 0.6) is 0 Å². The van der Waals surface area contributed by atoms with Crippen LogP contribution < -0.4 is 5.43 Å². The summed E-state index contributed by atoms with van der Waals surface area (Å²) >= 11 is 5.82. The van der Waals surface area contributed by atoms with Gasteiger partial charge in [0.25, 0.3) is 5.69 Å². The average Bonchev–Trinajstić information content (AvgIpc) is 2.66. The van der Waals surface area contributed by atoms with E-state index in [1.165, 1.54) is 30.3 Å². The molecule has 3 rings (SSSR count). The van der Waals surface area contributed by atoms with E-state index in [0.29, 0.717) is 10.6 Å². The van der Waals surface area contributed by atoms with Gasteiger partial charge in [0, 0.05) is 28.3 Å². The van der Waals surface area contributed by atoms with Crippen molar-refractivity contribution in [2.45, 2.75) is 6.92 Å². The quantitative estimate of drug-likeness (QED) is 0.277. The molecule has 0 saturated carbocycles. The number of nitrogens with zero attached hydrogens (tertiary/aromatic N) is 1. The summed E-state index contributed by atoms with van der Waals surface area (Å²) in [6.45, 7) is 0.878. The summed E-state index contributed by atoms with van der Waals surface area (Å²) in [6, 6.07) is 9.24. The van der Waals surface area contributed by atoms with Crippen molar-refractivity contribution in [2.75, 3.05) is 6.61 Å². The molecule has 142 valence electrons. The van der Waals surface area contributed by atoms with Crippen molar-refractivity contribution in [3.63, 3.8) is 0 Å². The van der Waals surface area contributed by atoms with Gasteiger partial charge < -0.3 is 9.15 Å². The van der Waals surface area contributed by atoms with Crippen LogP contribution in [0.4, 0.5) is 5.69 Å². The van der Waals surface area contributed by atoms with Gasteiger partial charge in [0.15, 0.2) is 12.0 Å². The number of ketones is 1. The molecule has 0 spiro atoms. The SMILES string of the molecule is Cc1ccc(C(=O)COC(=O)c2cc(=O)c3cc(Cl)ccc3o2)cc1[N+](=O)[O-]. The molecule has 8 nitrogen and oxygen atoms in total. The fourth-order valence-corrected chi connectivity index (χ4v) is 2.67. The normalized spacial score (nSPS) is 10.6. The number of fused-ring (bicyclic) bond motifs is 1. The molecule has 0 aliphatic carbocycles. The first-order valence-electron chi connectivity index (χ1n) is 7.95. The highest BCUT2D eigenvalue weighted by Crippen LogP contribution is 2.20. The van der Waals surface area contributed by atoms with Crippen molar-refractivity contribution >= 4 is 40.0 Å². The highest BCUT2D eigenvalue weighted by atomic mass is 35.5. The van der Waals surface area contributed by atoms with Gasteiger partial charge in [0.05, 0.1) is 10.3 Å². The lowest BCUT2D eigenvalue weighted by Crippen LogP contribution is -2.16. The number of Topliss-reactive ketones (excluding diaryl/α,β-unsaturated/α-hetero) is 1. The molecule has 0 atom stereocenters. The number of hydrogen-bond donors (Lipinski definition) is 0. The zero-order valence-electron chi connectivity index (χ0n) is 14.4. The Morgan fingerprint density at radius 1 is 1.18 bits per heavy atom. The zero-order valence-corrected chi connectivity index (χ0v) is 15.2. The van der Waals surface area contributed by atoms with Crippen LogP contribution >= 0.6 is 11.6 Å². The smallest absolute Gasteiger partial charge is 0.374 e. The van der Waals surface area contributed by atoms with Crippen LogP contribution in [0.25, 0.3) is 11.0 Å². The van der Waals surface area contributed by atoms with Crippen molar-refractivity contribution in [3.8, 4) is 0 Å². The molecule has 0 saturated heterocycles. The van der Waals surface area contributed by atoms with Gasteiger partial charge in [-0.1, -0.05) is 23.7 Å². The maximum atomic E-state index is 12.2. The molecule has 0 fully saturated rings. The van der Waals surface area contributed by atoms with E-state index in [1.54, 1.807) is 6.92 Å². The van der Waals surface area contributed by atoms with Gasteiger partial charge in [-0.2, -0.15) is 0 Å². The number of esters is 1. The summed E-state index contributed by atoms with van der Waals surface area (Å²) in [7, 11) is 0. The molecule has 0 bridgehead atoms. The Hall–Kier alpha value is -3.52. The van der Waals surface area contributed by atoms with Crippen LogP contribution in [0.15, 0.2) is 51.7 Å². The Bertz CT molecular complexity index is 1180. The van der Waals surface area contributed by atoms with Crippen LogP contribution in [-0.4, -0.2) is 23.3 Å². The number of nitro groups is 1. The average molecular weight is 402 g/mol. The molecule has 0 amide bonds. The van der Waals surface area contributed by atoms with Gasteiger partial charge in [-0.15, -0.1) is 0 Å². The summed E-state index contributed by atoms with van der Waals surface area (Å²) in [4.78, 5) is 46.8. The van der Waals surface area contributed by atoms with E-state index in [4.69, 9.17) is 20.8 Å². The van der Waals surface area contributed by atoms with Crippen LogP contribution in [-0.2, 0) is 4.74 Å². The van der Waals surface area contributed by atoms with Crippen LogP contribution in [0, 0.1) is 17.0 Å². The first-order valence-corrected chi connectivity index (χ1v) is 8.33. The highest BCUT2D eigenvalue weighted by Gasteiger charge is 2.19. The van der Waals surface area contributed by atoms with E-state index in [2.05, 4.69) is 0 Å². The number of aryl methyl sites for hydroxylation is 1.